The summed E-state index contributed by atoms with van der Waals surface area (Å²) in [6.45, 7) is 3.75. The first-order valence-corrected chi connectivity index (χ1v) is 9.63. The second kappa shape index (κ2) is 7.49. The summed E-state index contributed by atoms with van der Waals surface area (Å²) in [4.78, 5) is 14.5. The molecule has 1 aliphatic heterocycles. The first kappa shape index (κ1) is 21.0. The number of aromatic nitrogens is 3. The minimum Gasteiger partial charge on any atom is -0.375 e. The smallest absolute Gasteiger partial charge is 0.130 e. The Bertz CT molecular complexity index is 1200. The lowest BCUT2D eigenvalue weighted by molar-refractivity contribution is 0.561. The molecule has 0 saturated carbocycles. The number of aryl methyl sites for hydroxylation is 2. The number of nitriles is 1. The highest BCUT2D eigenvalue weighted by Crippen LogP contribution is 2.41. The van der Waals surface area contributed by atoms with Crippen molar-refractivity contribution in [1.82, 2.24) is 15.0 Å². The Hall–Kier alpha value is -3.20. The van der Waals surface area contributed by atoms with Crippen molar-refractivity contribution in [1.29, 1.82) is 5.26 Å². The zero-order valence-corrected chi connectivity index (χ0v) is 17.3. The second-order valence-electron chi connectivity index (χ2n) is 7.84. The van der Waals surface area contributed by atoms with E-state index in [1.54, 1.807) is 31.6 Å². The van der Waals surface area contributed by atoms with Crippen LogP contribution in [0.25, 0.3) is 0 Å². The molecular formula is C21H16B4N6. The predicted octanol–water partition coefficient (Wildman–Crippen LogP) is 1.60. The summed E-state index contributed by atoms with van der Waals surface area (Å²) in [6.07, 6.45) is 6.80. The van der Waals surface area contributed by atoms with Crippen molar-refractivity contribution in [2.24, 2.45) is 0 Å². The quantitative estimate of drug-likeness (QED) is 0.679. The van der Waals surface area contributed by atoms with E-state index >= 15 is 0 Å². The van der Waals surface area contributed by atoms with E-state index in [4.69, 9.17) is 36.6 Å². The van der Waals surface area contributed by atoms with Gasteiger partial charge in [-0.15, -0.1) is 0 Å². The van der Waals surface area contributed by atoms with Crippen LogP contribution in [0.3, 0.4) is 0 Å². The van der Waals surface area contributed by atoms with Crippen molar-refractivity contribution >= 4 is 48.6 Å². The number of pyridine rings is 3. The summed E-state index contributed by atoms with van der Waals surface area (Å²) in [7, 11) is 26.2. The van der Waals surface area contributed by atoms with Gasteiger partial charge in [-0.2, -0.15) is 5.26 Å². The van der Waals surface area contributed by atoms with Crippen LogP contribution in [0.1, 0.15) is 27.9 Å². The van der Waals surface area contributed by atoms with Crippen LogP contribution >= 0.6 is 0 Å². The number of hydrogen-bond acceptors (Lipinski definition) is 6. The molecule has 31 heavy (non-hydrogen) atoms. The third kappa shape index (κ3) is 3.69. The highest BCUT2D eigenvalue weighted by molar-refractivity contribution is 6.48. The maximum Gasteiger partial charge on any atom is 0.130 e. The number of nitrogens with zero attached hydrogens (tertiary/aromatic N) is 5. The summed E-state index contributed by atoms with van der Waals surface area (Å²) in [6, 6.07) is 7.45. The lowest BCUT2D eigenvalue weighted by atomic mass is 9.46. The fourth-order valence-electron chi connectivity index (χ4n) is 3.87. The molecule has 0 atom stereocenters. The molecule has 6 nitrogen and oxygen atoms in total. The van der Waals surface area contributed by atoms with Gasteiger partial charge in [-0.1, -0.05) is 0 Å². The molecule has 3 aromatic rings. The van der Waals surface area contributed by atoms with E-state index in [1.165, 1.54) is 11.1 Å². The molecule has 10 heteroatoms. The summed E-state index contributed by atoms with van der Waals surface area (Å²) >= 11 is 0. The van der Waals surface area contributed by atoms with Crippen LogP contribution in [0.5, 0.6) is 0 Å². The van der Waals surface area contributed by atoms with Gasteiger partial charge in [0, 0.05) is 30.0 Å². The average molecular weight is 396 g/mol. The zero-order chi connectivity index (χ0) is 22.4. The molecule has 0 aromatic carbocycles. The monoisotopic (exact) mass is 396 g/mol. The van der Waals surface area contributed by atoms with Crippen molar-refractivity contribution in [3.8, 4) is 6.07 Å². The highest BCUT2D eigenvalue weighted by atomic mass is 15.3. The largest absolute Gasteiger partial charge is 0.375 e. The van der Waals surface area contributed by atoms with E-state index < -0.39 is 10.7 Å². The van der Waals surface area contributed by atoms with Crippen LogP contribution in [0, 0.1) is 25.2 Å². The molecule has 0 saturated heterocycles. The molecule has 1 N–H and O–H groups in total. The van der Waals surface area contributed by atoms with Gasteiger partial charge < -0.3 is 10.2 Å². The molecular weight excluding hydrogens is 380 g/mol. The SMILES string of the molecule is [B]C1([B])Cc2ncc(Nc3ccncc3C)cc2C([B])([B])N1c1ncc(C#N)cc1C. The van der Waals surface area contributed by atoms with Gasteiger partial charge in [0.15, 0.2) is 0 Å². The van der Waals surface area contributed by atoms with Gasteiger partial charge in [-0.3, -0.25) is 9.97 Å². The predicted molar refractivity (Wildman–Crippen MR) is 124 cm³/mol. The lowest BCUT2D eigenvalue weighted by Crippen LogP contribution is -2.66. The van der Waals surface area contributed by atoms with Gasteiger partial charge in [0.1, 0.15) is 11.9 Å². The van der Waals surface area contributed by atoms with Crippen molar-refractivity contribution in [2.75, 3.05) is 10.2 Å². The number of anilines is 3. The second-order valence-corrected chi connectivity index (χ2v) is 7.84. The zero-order valence-electron chi connectivity index (χ0n) is 17.3. The van der Waals surface area contributed by atoms with Crippen molar-refractivity contribution in [2.45, 2.75) is 30.9 Å². The Morgan fingerprint density at radius 2 is 1.84 bits per heavy atom. The van der Waals surface area contributed by atoms with E-state index in [0.717, 1.165) is 11.3 Å². The summed E-state index contributed by atoms with van der Waals surface area (Å²) in [5.74, 6) is 0.406. The Kier molecular flexibility index (Phi) is 5.09. The molecule has 4 rings (SSSR count). The molecule has 0 spiro atoms. The number of nitrogens with one attached hydrogen (secondary N) is 1. The number of hydrogen-bond donors (Lipinski definition) is 1. The first-order valence-electron chi connectivity index (χ1n) is 9.63. The highest BCUT2D eigenvalue weighted by Gasteiger charge is 2.44. The normalized spacial score (nSPS) is 16.2. The Labute approximate surface area is 187 Å². The van der Waals surface area contributed by atoms with E-state index in [-0.39, 0.29) is 6.42 Å². The maximum atomic E-state index is 9.15. The van der Waals surface area contributed by atoms with Gasteiger partial charge in [-0.25, -0.2) is 4.98 Å². The van der Waals surface area contributed by atoms with Crippen molar-refractivity contribution in [3.05, 3.63) is 70.9 Å². The van der Waals surface area contributed by atoms with Crippen LogP contribution in [0.15, 0.2) is 43.0 Å². The standard InChI is InChI=1S/C21H16B4N6/c1-12-5-14(8-26)10-29-19(12)31-20(22,23)7-18-16(21(31,24)25)6-15(11-28-18)30-17-3-4-27-9-13(17)2/h3-6,9-11H,7H2,1-2H3,(H,27,30). The van der Waals surface area contributed by atoms with Gasteiger partial charge >= 0.3 is 0 Å². The third-order valence-electron chi connectivity index (χ3n) is 5.33. The van der Waals surface area contributed by atoms with E-state index in [0.29, 0.717) is 33.9 Å². The van der Waals surface area contributed by atoms with E-state index in [9.17, 15) is 0 Å². The number of fused-ring (bicyclic) bond motifs is 1. The van der Waals surface area contributed by atoms with Crippen molar-refractivity contribution < 1.29 is 0 Å². The summed E-state index contributed by atoms with van der Waals surface area (Å²) in [5.41, 5.74) is 4.85. The van der Waals surface area contributed by atoms with E-state index in [2.05, 4.69) is 26.3 Å². The molecule has 4 heterocycles. The molecule has 0 fully saturated rings. The summed E-state index contributed by atoms with van der Waals surface area (Å²) in [5, 5.41) is 9.43. The molecule has 0 aliphatic carbocycles. The molecule has 3 aromatic heterocycles. The fraction of sp³-hybridized carbons (Fsp3) is 0.238. The van der Waals surface area contributed by atoms with Crippen LogP contribution in [0.4, 0.5) is 17.2 Å². The lowest BCUT2D eigenvalue weighted by Gasteiger charge is -2.56. The van der Waals surface area contributed by atoms with Crippen LogP contribution in [0.2, 0.25) is 0 Å². The summed E-state index contributed by atoms with van der Waals surface area (Å²) < 4.78 is 0. The average Bonchev–Trinajstić information content (AvgIpc) is 2.71. The topological polar surface area (TPSA) is 77.7 Å². The van der Waals surface area contributed by atoms with Crippen LogP contribution in [-0.2, 0) is 11.8 Å². The fourth-order valence-corrected chi connectivity index (χ4v) is 3.87. The number of rotatable bonds is 3. The van der Waals surface area contributed by atoms with Gasteiger partial charge in [0.25, 0.3) is 0 Å². The Morgan fingerprint density at radius 1 is 1.06 bits per heavy atom. The molecule has 0 amide bonds. The van der Waals surface area contributed by atoms with Gasteiger partial charge in [0.2, 0.25) is 0 Å². The van der Waals surface area contributed by atoms with Gasteiger partial charge in [-0.05, 0) is 65.8 Å². The molecule has 1 aliphatic rings. The molecule has 8 radical (unpaired) electrons. The molecule has 0 unspecified atom stereocenters. The third-order valence-corrected chi connectivity index (χ3v) is 5.33. The first-order chi connectivity index (χ1) is 14.6. The minimum absolute atomic E-state index is 0.203. The molecule has 0 bridgehead atoms. The molecule has 142 valence electrons. The van der Waals surface area contributed by atoms with Gasteiger partial charge in [0.05, 0.1) is 48.8 Å². The van der Waals surface area contributed by atoms with Crippen molar-refractivity contribution in [3.63, 3.8) is 0 Å². The minimum atomic E-state index is -1.60. The van der Waals surface area contributed by atoms with Crippen LogP contribution < -0.4 is 10.2 Å². The van der Waals surface area contributed by atoms with Crippen LogP contribution in [-0.4, -0.2) is 51.7 Å². The Balaban J connectivity index is 1.80. The Morgan fingerprint density at radius 3 is 2.52 bits per heavy atom. The van der Waals surface area contributed by atoms with E-state index in [1.807, 2.05) is 19.1 Å². The maximum absolute atomic E-state index is 9.15.